The zero-order valence-corrected chi connectivity index (χ0v) is 20.6. The molecule has 0 saturated carbocycles. The van der Waals surface area contributed by atoms with Crippen LogP contribution in [-0.2, 0) is 9.53 Å². The first-order chi connectivity index (χ1) is 16.9. The zero-order valence-electron chi connectivity index (χ0n) is 20.6. The fourth-order valence-corrected chi connectivity index (χ4v) is 5.48. The van der Waals surface area contributed by atoms with E-state index in [4.69, 9.17) is 9.15 Å². The maximum atomic E-state index is 13.1. The van der Waals surface area contributed by atoms with E-state index in [1.54, 1.807) is 24.5 Å². The predicted octanol–water partition coefficient (Wildman–Crippen LogP) is 2.12. The van der Waals surface area contributed by atoms with Crippen LogP contribution in [0.15, 0.2) is 28.9 Å². The fourth-order valence-electron chi connectivity index (χ4n) is 5.48. The third-order valence-electron chi connectivity index (χ3n) is 7.58. The normalized spacial score (nSPS) is 22.8. The molecule has 1 atom stereocenters. The van der Waals surface area contributed by atoms with Crippen molar-refractivity contribution in [1.29, 1.82) is 0 Å². The number of aromatic nitrogens is 3. The molecule has 0 bridgehead atoms. The quantitative estimate of drug-likeness (QED) is 0.638. The van der Waals surface area contributed by atoms with Crippen molar-refractivity contribution in [2.75, 3.05) is 52.5 Å². The van der Waals surface area contributed by atoms with E-state index < -0.39 is 0 Å². The smallest absolute Gasteiger partial charge is 0.253 e. The van der Waals surface area contributed by atoms with Crippen LogP contribution in [0.5, 0.6) is 0 Å². The van der Waals surface area contributed by atoms with Crippen LogP contribution in [0.25, 0.3) is 0 Å². The van der Waals surface area contributed by atoms with E-state index in [2.05, 4.69) is 20.1 Å². The summed E-state index contributed by atoms with van der Waals surface area (Å²) in [6.07, 6.45) is 5.92. The van der Waals surface area contributed by atoms with Crippen molar-refractivity contribution in [3.63, 3.8) is 0 Å². The Kier molecular flexibility index (Phi) is 6.84. The van der Waals surface area contributed by atoms with Crippen molar-refractivity contribution in [3.8, 4) is 0 Å². The number of amides is 2. The summed E-state index contributed by atoms with van der Waals surface area (Å²) in [5, 5.41) is 8.63. The molecule has 188 valence electrons. The highest BCUT2D eigenvalue weighted by Gasteiger charge is 2.49. The maximum absolute atomic E-state index is 13.1. The summed E-state index contributed by atoms with van der Waals surface area (Å²) in [7, 11) is 0. The second kappa shape index (κ2) is 10.0. The van der Waals surface area contributed by atoms with Crippen molar-refractivity contribution < 1.29 is 18.7 Å². The van der Waals surface area contributed by atoms with Gasteiger partial charge in [0.2, 0.25) is 17.7 Å². The fraction of sp³-hybridized carbons (Fsp3) is 0.640. The molecular weight excluding hydrogens is 448 g/mol. The van der Waals surface area contributed by atoms with E-state index in [1.165, 1.54) is 0 Å². The van der Waals surface area contributed by atoms with Gasteiger partial charge in [-0.05, 0) is 36.8 Å². The Morgan fingerprint density at radius 1 is 1.06 bits per heavy atom. The number of pyridine rings is 1. The molecule has 1 spiro atoms. The number of morpholine rings is 1. The molecule has 3 saturated heterocycles. The van der Waals surface area contributed by atoms with Crippen LogP contribution in [-0.4, -0.2) is 94.2 Å². The Morgan fingerprint density at radius 2 is 1.77 bits per heavy atom. The van der Waals surface area contributed by atoms with Gasteiger partial charge < -0.3 is 19.0 Å². The third-order valence-corrected chi connectivity index (χ3v) is 7.58. The summed E-state index contributed by atoms with van der Waals surface area (Å²) < 4.78 is 11.5. The van der Waals surface area contributed by atoms with E-state index in [9.17, 15) is 9.59 Å². The van der Waals surface area contributed by atoms with Crippen LogP contribution < -0.4 is 0 Å². The van der Waals surface area contributed by atoms with Gasteiger partial charge in [-0.15, -0.1) is 10.2 Å². The summed E-state index contributed by atoms with van der Waals surface area (Å²) in [4.78, 5) is 36.1. The number of ether oxygens (including phenoxy) is 1. The molecule has 35 heavy (non-hydrogen) atoms. The molecule has 2 aromatic rings. The lowest BCUT2D eigenvalue weighted by molar-refractivity contribution is -0.136. The summed E-state index contributed by atoms with van der Waals surface area (Å²) in [6.45, 7) is 8.99. The minimum Gasteiger partial charge on any atom is -0.423 e. The Morgan fingerprint density at radius 3 is 2.43 bits per heavy atom. The molecule has 3 aliphatic rings. The van der Waals surface area contributed by atoms with Gasteiger partial charge in [-0.1, -0.05) is 13.8 Å². The molecule has 10 heteroatoms. The van der Waals surface area contributed by atoms with Gasteiger partial charge in [-0.2, -0.15) is 0 Å². The van der Waals surface area contributed by atoms with Crippen molar-refractivity contribution in [2.45, 2.75) is 45.1 Å². The number of nitrogens with zero attached hydrogens (tertiary/aromatic N) is 6. The number of hydrogen-bond donors (Lipinski definition) is 0. The second-order valence-electron chi connectivity index (χ2n) is 10.3. The van der Waals surface area contributed by atoms with E-state index in [0.29, 0.717) is 63.3 Å². The second-order valence-corrected chi connectivity index (χ2v) is 10.3. The topological polar surface area (TPSA) is 105 Å². The maximum Gasteiger partial charge on any atom is 0.253 e. The number of rotatable bonds is 5. The summed E-state index contributed by atoms with van der Waals surface area (Å²) in [5.74, 6) is 1.53. The molecular formula is C25H34N6O4. The SMILES string of the molecule is CC(C)c1nnc(C2CC3(CCN(C(=O)c4ccncc4)CC3)CN2CC(=O)N2CCOCC2)o1. The molecule has 3 fully saturated rings. The third kappa shape index (κ3) is 5.08. The van der Waals surface area contributed by atoms with Gasteiger partial charge >= 0.3 is 0 Å². The largest absolute Gasteiger partial charge is 0.423 e. The minimum absolute atomic E-state index is 0.0114. The number of hydrogen-bond acceptors (Lipinski definition) is 8. The van der Waals surface area contributed by atoms with Crippen LogP contribution in [0, 0.1) is 5.41 Å². The number of carbonyl (C=O) groups is 2. The van der Waals surface area contributed by atoms with Crippen LogP contribution in [0.2, 0.25) is 0 Å². The van der Waals surface area contributed by atoms with Crippen molar-refractivity contribution in [3.05, 3.63) is 41.9 Å². The zero-order chi connectivity index (χ0) is 24.4. The first-order valence-electron chi connectivity index (χ1n) is 12.6. The highest BCUT2D eigenvalue weighted by atomic mass is 16.5. The molecule has 5 heterocycles. The average Bonchev–Trinajstić information content (AvgIpc) is 3.51. The molecule has 10 nitrogen and oxygen atoms in total. The predicted molar refractivity (Wildman–Crippen MR) is 127 cm³/mol. The van der Waals surface area contributed by atoms with Gasteiger partial charge in [0.25, 0.3) is 5.91 Å². The number of piperidine rings is 1. The Balaban J connectivity index is 1.30. The first-order valence-corrected chi connectivity index (χ1v) is 12.6. The summed E-state index contributed by atoms with van der Waals surface area (Å²) in [6, 6.07) is 3.43. The average molecular weight is 483 g/mol. The molecule has 2 aromatic heterocycles. The number of carbonyl (C=O) groups excluding carboxylic acids is 2. The lowest BCUT2D eigenvalue weighted by atomic mass is 9.76. The highest BCUT2D eigenvalue weighted by molar-refractivity contribution is 5.94. The van der Waals surface area contributed by atoms with E-state index in [0.717, 1.165) is 25.8 Å². The van der Waals surface area contributed by atoms with Crippen molar-refractivity contribution in [2.24, 2.45) is 5.41 Å². The minimum atomic E-state index is -0.0950. The molecule has 0 aromatic carbocycles. The monoisotopic (exact) mass is 482 g/mol. The van der Waals surface area contributed by atoms with Gasteiger partial charge in [-0.25, -0.2) is 0 Å². The van der Waals surface area contributed by atoms with Gasteiger partial charge in [0.15, 0.2) is 0 Å². The molecule has 0 aliphatic carbocycles. The standard InChI is InChI=1S/C25H34N6O4/c1-18(2)22-27-28-23(35-22)20-15-25(17-31(20)16-21(32)29-11-13-34-14-12-29)5-9-30(10-6-25)24(33)19-3-7-26-8-4-19/h3-4,7-8,18,20H,5-6,9-17H2,1-2H3. The van der Waals surface area contributed by atoms with E-state index in [-0.39, 0.29) is 29.2 Å². The summed E-state index contributed by atoms with van der Waals surface area (Å²) in [5.41, 5.74) is 0.683. The molecule has 0 radical (unpaired) electrons. The van der Waals surface area contributed by atoms with Gasteiger partial charge in [-0.3, -0.25) is 19.5 Å². The van der Waals surface area contributed by atoms with Crippen molar-refractivity contribution >= 4 is 11.8 Å². The van der Waals surface area contributed by atoms with Crippen LogP contribution in [0.1, 0.15) is 67.2 Å². The molecule has 1 unspecified atom stereocenters. The Hall–Kier alpha value is -2.85. The highest BCUT2D eigenvalue weighted by Crippen LogP contribution is 2.49. The first kappa shape index (κ1) is 23.9. The molecule has 0 N–H and O–H groups in total. The lowest BCUT2D eigenvalue weighted by Crippen LogP contribution is -2.47. The van der Waals surface area contributed by atoms with Crippen LogP contribution in [0.3, 0.4) is 0 Å². The van der Waals surface area contributed by atoms with Gasteiger partial charge in [0.05, 0.1) is 25.8 Å². The van der Waals surface area contributed by atoms with Gasteiger partial charge in [0.1, 0.15) is 0 Å². The molecule has 2 amide bonds. The Labute approximate surface area is 205 Å². The molecule has 3 aliphatic heterocycles. The Bertz CT molecular complexity index is 1030. The number of likely N-dealkylation sites (tertiary alicyclic amines) is 2. The van der Waals surface area contributed by atoms with Crippen molar-refractivity contribution in [1.82, 2.24) is 29.9 Å². The lowest BCUT2D eigenvalue weighted by Gasteiger charge is -2.39. The van der Waals surface area contributed by atoms with Gasteiger partial charge in [0, 0.05) is 56.6 Å². The summed E-state index contributed by atoms with van der Waals surface area (Å²) >= 11 is 0. The van der Waals surface area contributed by atoms with Crippen LogP contribution >= 0.6 is 0 Å². The molecule has 5 rings (SSSR count). The van der Waals surface area contributed by atoms with E-state index in [1.807, 2.05) is 23.6 Å². The van der Waals surface area contributed by atoms with Crippen LogP contribution in [0.4, 0.5) is 0 Å². The van der Waals surface area contributed by atoms with E-state index >= 15 is 0 Å².